The molecule has 1 heterocycles. The summed E-state index contributed by atoms with van der Waals surface area (Å²) in [5, 5.41) is 3.66. The Morgan fingerprint density at radius 3 is 2.77 bits per heavy atom. The van der Waals surface area contributed by atoms with Crippen LogP contribution >= 0.6 is 24.0 Å². The molecule has 1 fully saturated rings. The highest BCUT2D eigenvalue weighted by molar-refractivity contribution is 7.98. The molecule has 1 saturated heterocycles. The quantitative estimate of drug-likeness (QED) is 0.738. The minimum Gasteiger partial charge on any atom is -0.377 e. The van der Waals surface area contributed by atoms with Crippen LogP contribution in [-0.2, 0) is 22.7 Å². The van der Waals surface area contributed by atoms with Gasteiger partial charge in [0.1, 0.15) is 6.04 Å². The number of carbonyl (C=O) groups is 1. The van der Waals surface area contributed by atoms with E-state index in [4.69, 9.17) is 17.0 Å². The van der Waals surface area contributed by atoms with Crippen molar-refractivity contribution in [2.24, 2.45) is 0 Å². The number of hydrogen-bond donors (Lipinski definition) is 1. The standard InChI is InChI=1S/C16H22N2O2S2/c1-3-20-11-13-7-5-4-6-12(13)10-18-15(19)14(8-9-22-2)17-16(18)21/h4-7,14H,3,8-11H2,1-2H3,(H,17,21)/t14-/m1/s1. The van der Waals surface area contributed by atoms with Gasteiger partial charge in [0, 0.05) is 6.61 Å². The fourth-order valence-corrected chi connectivity index (χ4v) is 3.16. The van der Waals surface area contributed by atoms with Crippen molar-refractivity contribution < 1.29 is 9.53 Å². The monoisotopic (exact) mass is 338 g/mol. The minimum absolute atomic E-state index is 0.0743. The maximum Gasteiger partial charge on any atom is 0.251 e. The van der Waals surface area contributed by atoms with Crippen LogP contribution in [0.1, 0.15) is 24.5 Å². The van der Waals surface area contributed by atoms with E-state index in [2.05, 4.69) is 5.32 Å². The maximum absolute atomic E-state index is 12.5. The van der Waals surface area contributed by atoms with Crippen molar-refractivity contribution in [3.63, 3.8) is 0 Å². The molecule has 1 aliphatic heterocycles. The predicted octanol–water partition coefficient (Wildman–Crippen LogP) is 2.56. The van der Waals surface area contributed by atoms with Gasteiger partial charge in [-0.15, -0.1) is 0 Å². The molecule has 0 spiro atoms. The van der Waals surface area contributed by atoms with E-state index in [1.54, 1.807) is 16.7 Å². The Morgan fingerprint density at radius 2 is 2.09 bits per heavy atom. The molecule has 2 rings (SSSR count). The zero-order valence-corrected chi connectivity index (χ0v) is 14.6. The number of ether oxygens (including phenoxy) is 1. The molecule has 0 aromatic heterocycles. The summed E-state index contributed by atoms with van der Waals surface area (Å²) in [6, 6.07) is 7.85. The van der Waals surface area contributed by atoms with Gasteiger partial charge in [0.15, 0.2) is 5.11 Å². The molecule has 0 aliphatic carbocycles. The maximum atomic E-state index is 12.5. The lowest BCUT2D eigenvalue weighted by molar-refractivity contribution is -0.127. The van der Waals surface area contributed by atoms with E-state index in [1.807, 2.05) is 37.4 Å². The number of hydrogen-bond acceptors (Lipinski definition) is 4. The number of thiocarbonyl (C=S) groups is 1. The average Bonchev–Trinajstić information content (AvgIpc) is 2.79. The summed E-state index contributed by atoms with van der Waals surface area (Å²) >= 11 is 7.07. The fourth-order valence-electron chi connectivity index (χ4n) is 2.39. The Bertz CT molecular complexity index is 537. The molecule has 6 heteroatoms. The first-order valence-corrected chi connectivity index (χ1v) is 9.23. The summed E-state index contributed by atoms with van der Waals surface area (Å²) in [6.07, 6.45) is 2.84. The molecular weight excluding hydrogens is 316 g/mol. The van der Waals surface area contributed by atoms with Crippen LogP contribution in [0.5, 0.6) is 0 Å². The van der Waals surface area contributed by atoms with Crippen LogP contribution in [0.15, 0.2) is 24.3 Å². The summed E-state index contributed by atoms with van der Waals surface area (Å²) in [7, 11) is 0. The molecule has 1 amide bonds. The van der Waals surface area contributed by atoms with Crippen molar-refractivity contribution in [1.29, 1.82) is 0 Å². The van der Waals surface area contributed by atoms with Crippen LogP contribution in [0.2, 0.25) is 0 Å². The number of nitrogens with zero attached hydrogens (tertiary/aromatic N) is 1. The normalized spacial score (nSPS) is 17.9. The van der Waals surface area contributed by atoms with Crippen molar-refractivity contribution in [2.75, 3.05) is 18.6 Å². The Balaban J connectivity index is 2.07. The molecular formula is C16H22N2O2S2. The molecule has 0 unspecified atom stereocenters. The molecule has 1 aromatic carbocycles. The van der Waals surface area contributed by atoms with Gasteiger partial charge in [0.25, 0.3) is 5.91 Å². The van der Waals surface area contributed by atoms with Crippen LogP contribution in [-0.4, -0.2) is 40.6 Å². The van der Waals surface area contributed by atoms with Crippen molar-refractivity contribution in [2.45, 2.75) is 32.5 Å². The Labute approximate surface area is 141 Å². The number of thioether (sulfide) groups is 1. The molecule has 1 atom stereocenters. The van der Waals surface area contributed by atoms with Gasteiger partial charge in [-0.2, -0.15) is 11.8 Å². The Morgan fingerprint density at radius 1 is 1.36 bits per heavy atom. The molecule has 0 bridgehead atoms. The molecule has 120 valence electrons. The predicted molar refractivity (Wildman–Crippen MR) is 94.8 cm³/mol. The first-order valence-electron chi connectivity index (χ1n) is 7.42. The largest absolute Gasteiger partial charge is 0.377 e. The van der Waals surface area contributed by atoms with E-state index in [0.29, 0.717) is 24.9 Å². The molecule has 4 nitrogen and oxygen atoms in total. The van der Waals surface area contributed by atoms with E-state index in [1.165, 1.54) is 0 Å². The van der Waals surface area contributed by atoms with Crippen LogP contribution < -0.4 is 5.32 Å². The number of carbonyl (C=O) groups excluding carboxylic acids is 1. The van der Waals surface area contributed by atoms with Crippen LogP contribution in [0.25, 0.3) is 0 Å². The molecule has 1 aromatic rings. The summed E-state index contributed by atoms with van der Waals surface area (Å²) in [4.78, 5) is 14.2. The molecule has 0 saturated carbocycles. The zero-order chi connectivity index (χ0) is 15.9. The lowest BCUT2D eigenvalue weighted by atomic mass is 10.1. The number of benzene rings is 1. The summed E-state index contributed by atoms with van der Waals surface area (Å²) in [6.45, 7) is 3.71. The highest BCUT2D eigenvalue weighted by Gasteiger charge is 2.34. The van der Waals surface area contributed by atoms with Gasteiger partial charge in [0.05, 0.1) is 13.2 Å². The fraction of sp³-hybridized carbons (Fsp3) is 0.500. The third kappa shape index (κ3) is 4.21. The second-order valence-electron chi connectivity index (χ2n) is 5.11. The van der Waals surface area contributed by atoms with Crippen molar-refractivity contribution in [1.82, 2.24) is 10.2 Å². The van der Waals surface area contributed by atoms with Gasteiger partial charge in [-0.3, -0.25) is 9.69 Å². The Hall–Kier alpha value is -1.11. The van der Waals surface area contributed by atoms with Crippen LogP contribution in [0.4, 0.5) is 0 Å². The van der Waals surface area contributed by atoms with Gasteiger partial charge in [-0.25, -0.2) is 0 Å². The zero-order valence-electron chi connectivity index (χ0n) is 13.0. The highest BCUT2D eigenvalue weighted by atomic mass is 32.2. The Kier molecular flexibility index (Phi) is 6.67. The van der Waals surface area contributed by atoms with E-state index in [-0.39, 0.29) is 11.9 Å². The van der Waals surface area contributed by atoms with Crippen molar-refractivity contribution in [3.05, 3.63) is 35.4 Å². The van der Waals surface area contributed by atoms with E-state index < -0.39 is 0 Å². The summed E-state index contributed by atoms with van der Waals surface area (Å²) < 4.78 is 5.50. The number of rotatable bonds is 8. The van der Waals surface area contributed by atoms with Crippen LogP contribution in [0.3, 0.4) is 0 Å². The summed E-state index contributed by atoms with van der Waals surface area (Å²) in [5.74, 6) is 1.02. The second-order valence-corrected chi connectivity index (χ2v) is 6.49. The van der Waals surface area contributed by atoms with Crippen molar-refractivity contribution in [3.8, 4) is 0 Å². The van der Waals surface area contributed by atoms with E-state index >= 15 is 0 Å². The molecule has 0 radical (unpaired) electrons. The SMILES string of the molecule is CCOCc1ccccc1CN1C(=O)[C@@H](CCSC)NC1=S. The van der Waals surface area contributed by atoms with E-state index in [9.17, 15) is 4.79 Å². The third-order valence-corrected chi connectivity index (χ3v) is 4.61. The van der Waals surface area contributed by atoms with Gasteiger partial charge in [-0.05, 0) is 48.7 Å². The van der Waals surface area contributed by atoms with Gasteiger partial charge < -0.3 is 10.1 Å². The number of nitrogens with one attached hydrogen (secondary N) is 1. The first-order chi connectivity index (χ1) is 10.7. The lowest BCUT2D eigenvalue weighted by Crippen LogP contribution is -2.31. The topological polar surface area (TPSA) is 41.6 Å². The number of amides is 1. The van der Waals surface area contributed by atoms with Gasteiger partial charge in [-0.1, -0.05) is 24.3 Å². The highest BCUT2D eigenvalue weighted by Crippen LogP contribution is 2.18. The van der Waals surface area contributed by atoms with Crippen LogP contribution in [0, 0.1) is 0 Å². The minimum atomic E-state index is -0.181. The third-order valence-electron chi connectivity index (χ3n) is 3.63. The molecule has 1 N–H and O–H groups in total. The summed E-state index contributed by atoms with van der Waals surface area (Å²) in [5.41, 5.74) is 2.19. The van der Waals surface area contributed by atoms with Gasteiger partial charge in [0.2, 0.25) is 0 Å². The smallest absolute Gasteiger partial charge is 0.251 e. The van der Waals surface area contributed by atoms with E-state index in [0.717, 1.165) is 23.3 Å². The average molecular weight is 338 g/mol. The second kappa shape index (κ2) is 8.50. The first kappa shape index (κ1) is 17.2. The van der Waals surface area contributed by atoms with Gasteiger partial charge >= 0.3 is 0 Å². The van der Waals surface area contributed by atoms with Crippen molar-refractivity contribution >= 4 is 35.0 Å². The molecule has 1 aliphatic rings. The molecule has 22 heavy (non-hydrogen) atoms. The lowest BCUT2D eigenvalue weighted by Gasteiger charge is -2.17.